The number of carboxylic acid groups (broad SMARTS) is 2. The van der Waals surface area contributed by atoms with Gasteiger partial charge in [0.05, 0.1) is 6.42 Å². The maximum atomic E-state index is 10.1. The molecule has 8 nitrogen and oxygen atoms in total. The predicted octanol–water partition coefficient (Wildman–Crippen LogP) is -1.28. The van der Waals surface area contributed by atoms with Crippen LogP contribution in [0.1, 0.15) is 26.7 Å². The molecule has 8 heteroatoms. The molecule has 0 aromatic heterocycles. The van der Waals surface area contributed by atoms with Crippen molar-refractivity contribution in [2.45, 2.75) is 38.8 Å². The Morgan fingerprint density at radius 1 is 1.00 bits per heavy atom. The highest BCUT2D eigenvalue weighted by atomic mass is 16.4. The van der Waals surface area contributed by atoms with Crippen LogP contribution in [0, 0.1) is 5.92 Å². The topological polar surface area (TPSA) is 170 Å². The lowest BCUT2D eigenvalue weighted by molar-refractivity contribution is -0.140. The highest BCUT2D eigenvalue weighted by molar-refractivity contribution is 5.83. The molecule has 0 saturated carbocycles. The summed E-state index contributed by atoms with van der Waals surface area (Å²) in [5.74, 6) is -2.47. The first-order chi connectivity index (χ1) is 8.07. The van der Waals surface area contributed by atoms with Crippen LogP contribution in [0.15, 0.2) is 0 Å². The van der Waals surface area contributed by atoms with Crippen LogP contribution in [0.4, 0.5) is 0 Å². The highest BCUT2D eigenvalue weighted by Gasteiger charge is 2.13. The first-order valence-electron chi connectivity index (χ1n) is 5.33. The lowest BCUT2D eigenvalue weighted by atomic mass is 10.1. The Bertz CT molecular complexity index is 293. The van der Waals surface area contributed by atoms with Gasteiger partial charge in [-0.05, 0) is 12.3 Å². The monoisotopic (exact) mass is 263 g/mol. The molecule has 0 aromatic carbocycles. The van der Waals surface area contributed by atoms with E-state index < -0.39 is 29.9 Å². The van der Waals surface area contributed by atoms with Crippen LogP contribution in [0.25, 0.3) is 0 Å². The molecule has 0 rings (SSSR count). The molecule has 0 aromatic rings. The molecular weight excluding hydrogens is 242 g/mol. The van der Waals surface area contributed by atoms with Crippen molar-refractivity contribution in [3.63, 3.8) is 0 Å². The van der Waals surface area contributed by atoms with Gasteiger partial charge in [0.15, 0.2) is 0 Å². The van der Waals surface area contributed by atoms with E-state index in [2.05, 4.69) is 5.73 Å². The minimum atomic E-state index is -1.21. The predicted molar refractivity (Wildman–Crippen MR) is 64.5 cm³/mol. The summed E-state index contributed by atoms with van der Waals surface area (Å²) < 4.78 is 0. The van der Waals surface area contributed by atoms with Crippen LogP contribution in [0.5, 0.6) is 0 Å². The lowest BCUT2D eigenvalue weighted by Crippen LogP contribution is -2.34. The number of nitrogens with two attached hydrogens (primary N) is 3. The number of amides is 1. The second-order valence-electron chi connectivity index (χ2n) is 4.19. The molecule has 0 saturated heterocycles. The molecule has 8 N–H and O–H groups in total. The van der Waals surface area contributed by atoms with Gasteiger partial charge in [0.1, 0.15) is 12.1 Å². The van der Waals surface area contributed by atoms with E-state index >= 15 is 0 Å². The van der Waals surface area contributed by atoms with E-state index in [0.717, 1.165) is 0 Å². The van der Waals surface area contributed by atoms with Crippen molar-refractivity contribution in [1.29, 1.82) is 0 Å². The molecule has 0 aliphatic rings. The summed E-state index contributed by atoms with van der Waals surface area (Å²) in [5, 5.41) is 16.4. The number of primary amides is 1. The first-order valence-corrected chi connectivity index (χ1v) is 5.33. The Labute approximate surface area is 105 Å². The fraction of sp³-hybridized carbons (Fsp3) is 0.700. The molecule has 1 unspecified atom stereocenters. The zero-order valence-corrected chi connectivity index (χ0v) is 10.5. The van der Waals surface area contributed by atoms with Gasteiger partial charge >= 0.3 is 11.9 Å². The molecule has 0 spiro atoms. The van der Waals surface area contributed by atoms with Gasteiger partial charge in [-0.1, -0.05) is 13.8 Å². The van der Waals surface area contributed by atoms with Crippen molar-refractivity contribution in [3.8, 4) is 0 Å². The van der Waals surface area contributed by atoms with Crippen LogP contribution >= 0.6 is 0 Å². The van der Waals surface area contributed by atoms with Crippen molar-refractivity contribution < 1.29 is 24.6 Å². The number of carbonyl (C=O) groups excluding carboxylic acids is 1. The Hall–Kier alpha value is -1.67. The Morgan fingerprint density at radius 2 is 1.39 bits per heavy atom. The summed E-state index contributed by atoms with van der Waals surface area (Å²) >= 11 is 0. The summed E-state index contributed by atoms with van der Waals surface area (Å²) in [7, 11) is 0. The van der Waals surface area contributed by atoms with Gasteiger partial charge in [-0.3, -0.25) is 14.4 Å². The third kappa shape index (κ3) is 12.4. The second-order valence-corrected chi connectivity index (χ2v) is 4.19. The Morgan fingerprint density at radius 3 is 1.50 bits per heavy atom. The highest BCUT2D eigenvalue weighted by Crippen LogP contribution is 2.01. The van der Waals surface area contributed by atoms with E-state index in [0.29, 0.717) is 12.3 Å². The SMILES string of the molecule is CC(C)CC(N)C(=O)O.NC(=O)C[C@@H](N)C(=O)O. The molecule has 2 atom stereocenters. The van der Waals surface area contributed by atoms with Crippen LogP contribution in [0.3, 0.4) is 0 Å². The Kier molecular flexibility index (Phi) is 9.73. The summed E-state index contributed by atoms with van der Waals surface area (Å²) in [6, 6.07) is -1.85. The third-order valence-electron chi connectivity index (χ3n) is 1.78. The van der Waals surface area contributed by atoms with E-state index in [9.17, 15) is 14.4 Å². The standard InChI is InChI=1S/C6H13NO2.C4H8N2O3/c1-4(2)3-5(7)6(8)9;5-2(4(8)9)1-3(6)7/h4-5H,3,7H2,1-2H3,(H,8,9);2H,1,5H2,(H2,6,7)(H,8,9)/t;2-/m.1/s1. The fourth-order valence-electron chi connectivity index (χ4n) is 0.913. The smallest absolute Gasteiger partial charge is 0.321 e. The minimum absolute atomic E-state index is 0.310. The maximum absolute atomic E-state index is 10.1. The summed E-state index contributed by atoms with van der Waals surface area (Å²) in [4.78, 5) is 30.0. The molecular formula is C10H21N3O5. The molecule has 0 aliphatic carbocycles. The lowest BCUT2D eigenvalue weighted by Gasteiger charge is -2.07. The van der Waals surface area contributed by atoms with Gasteiger partial charge in [-0.15, -0.1) is 0 Å². The molecule has 0 fully saturated rings. The van der Waals surface area contributed by atoms with E-state index in [1.54, 1.807) is 0 Å². The first kappa shape index (κ1) is 18.7. The van der Waals surface area contributed by atoms with Crippen molar-refractivity contribution in [2.75, 3.05) is 0 Å². The number of rotatable bonds is 6. The maximum Gasteiger partial charge on any atom is 0.321 e. The zero-order chi connectivity index (χ0) is 14.9. The van der Waals surface area contributed by atoms with Crippen LogP contribution in [-0.2, 0) is 14.4 Å². The summed E-state index contributed by atoms with van der Waals surface area (Å²) in [5.41, 5.74) is 14.8. The van der Waals surface area contributed by atoms with E-state index in [1.165, 1.54) is 0 Å². The molecule has 106 valence electrons. The number of hydrogen-bond acceptors (Lipinski definition) is 5. The van der Waals surface area contributed by atoms with Gasteiger partial charge < -0.3 is 27.4 Å². The molecule has 0 heterocycles. The average Bonchev–Trinajstić information content (AvgIpc) is 2.16. The van der Waals surface area contributed by atoms with Gasteiger partial charge in [0.2, 0.25) is 5.91 Å². The number of aliphatic carboxylic acids is 2. The van der Waals surface area contributed by atoms with E-state index in [-0.39, 0.29) is 6.42 Å². The zero-order valence-electron chi connectivity index (χ0n) is 10.5. The second kappa shape index (κ2) is 9.37. The summed E-state index contributed by atoms with van der Waals surface area (Å²) in [6.07, 6.45) is 0.241. The molecule has 0 bridgehead atoms. The molecule has 1 amide bonds. The number of carbonyl (C=O) groups is 3. The molecule has 0 aliphatic heterocycles. The van der Waals surface area contributed by atoms with Crippen molar-refractivity contribution in [2.24, 2.45) is 23.1 Å². The molecule has 0 radical (unpaired) electrons. The van der Waals surface area contributed by atoms with Gasteiger partial charge in [0.25, 0.3) is 0 Å². The van der Waals surface area contributed by atoms with E-state index in [1.807, 2.05) is 13.8 Å². The number of carboxylic acids is 2. The average molecular weight is 263 g/mol. The normalized spacial score (nSPS) is 13.2. The fourth-order valence-corrected chi connectivity index (χ4v) is 0.913. The van der Waals surface area contributed by atoms with Crippen molar-refractivity contribution in [1.82, 2.24) is 0 Å². The quantitative estimate of drug-likeness (QED) is 0.397. The van der Waals surface area contributed by atoms with Crippen LogP contribution < -0.4 is 17.2 Å². The number of hydrogen-bond donors (Lipinski definition) is 5. The van der Waals surface area contributed by atoms with Crippen LogP contribution in [-0.4, -0.2) is 40.1 Å². The van der Waals surface area contributed by atoms with Crippen molar-refractivity contribution in [3.05, 3.63) is 0 Å². The Balaban J connectivity index is 0. The van der Waals surface area contributed by atoms with Crippen LogP contribution in [0.2, 0.25) is 0 Å². The van der Waals surface area contributed by atoms with Crippen molar-refractivity contribution >= 4 is 17.8 Å². The van der Waals surface area contributed by atoms with Gasteiger partial charge in [-0.25, -0.2) is 0 Å². The van der Waals surface area contributed by atoms with Gasteiger partial charge in [-0.2, -0.15) is 0 Å². The largest absolute Gasteiger partial charge is 0.480 e. The van der Waals surface area contributed by atoms with E-state index in [4.69, 9.17) is 21.7 Å². The summed E-state index contributed by atoms with van der Waals surface area (Å²) in [6.45, 7) is 3.89. The molecule has 18 heavy (non-hydrogen) atoms. The van der Waals surface area contributed by atoms with Gasteiger partial charge in [0, 0.05) is 0 Å². The minimum Gasteiger partial charge on any atom is -0.480 e. The third-order valence-corrected chi connectivity index (χ3v) is 1.78.